The molecule has 0 radical (unpaired) electrons. The van der Waals surface area contributed by atoms with Crippen LogP contribution in [0, 0.1) is 4.64 Å². The van der Waals surface area contributed by atoms with Crippen LogP contribution in [0.15, 0.2) is 54.6 Å². The standard InChI is InChI=1S/C16H10Cl2N2S/c17-12-6-11(7-13(18)8-12)14-9-15(21)20-16(19-14)10-4-2-1-3-5-10/h1-9H,(H,19,20,21). The van der Waals surface area contributed by atoms with Gasteiger partial charge in [0, 0.05) is 21.2 Å². The number of nitrogens with zero attached hydrogens (tertiary/aromatic N) is 1. The first kappa shape index (κ1) is 14.3. The number of hydrogen-bond acceptors (Lipinski definition) is 2. The van der Waals surface area contributed by atoms with E-state index in [2.05, 4.69) is 9.97 Å². The Morgan fingerprint density at radius 2 is 1.52 bits per heavy atom. The summed E-state index contributed by atoms with van der Waals surface area (Å²) in [7, 11) is 0. The van der Waals surface area contributed by atoms with Crippen molar-refractivity contribution in [3.8, 4) is 22.6 Å². The van der Waals surface area contributed by atoms with Gasteiger partial charge in [0.15, 0.2) is 0 Å². The second-order valence-electron chi connectivity index (χ2n) is 4.51. The Labute approximate surface area is 137 Å². The van der Waals surface area contributed by atoms with Gasteiger partial charge >= 0.3 is 0 Å². The van der Waals surface area contributed by atoms with Crippen molar-refractivity contribution in [1.82, 2.24) is 9.97 Å². The first-order valence-electron chi connectivity index (χ1n) is 6.25. The molecule has 1 heterocycles. The first-order chi connectivity index (χ1) is 10.1. The molecule has 0 saturated heterocycles. The highest BCUT2D eigenvalue weighted by Gasteiger charge is 2.06. The lowest BCUT2D eigenvalue weighted by molar-refractivity contribution is 1.16. The Morgan fingerprint density at radius 1 is 0.857 bits per heavy atom. The maximum atomic E-state index is 6.06. The third-order valence-electron chi connectivity index (χ3n) is 2.96. The molecule has 1 N–H and O–H groups in total. The molecule has 5 heteroatoms. The summed E-state index contributed by atoms with van der Waals surface area (Å²) in [5, 5.41) is 1.16. The number of rotatable bonds is 2. The van der Waals surface area contributed by atoms with Crippen LogP contribution in [0.5, 0.6) is 0 Å². The predicted octanol–water partition coefficient (Wildman–Crippen LogP) is 5.78. The van der Waals surface area contributed by atoms with Crippen LogP contribution in [0.25, 0.3) is 22.6 Å². The Bertz CT molecular complexity index is 824. The molecule has 2 nitrogen and oxygen atoms in total. The van der Waals surface area contributed by atoms with Crippen LogP contribution in [0.3, 0.4) is 0 Å². The molecule has 3 rings (SSSR count). The van der Waals surface area contributed by atoms with Gasteiger partial charge in [0.25, 0.3) is 0 Å². The minimum absolute atomic E-state index is 0.513. The quantitative estimate of drug-likeness (QED) is 0.602. The van der Waals surface area contributed by atoms with Crippen LogP contribution in [0.4, 0.5) is 0 Å². The lowest BCUT2D eigenvalue weighted by atomic mass is 10.1. The first-order valence-corrected chi connectivity index (χ1v) is 7.41. The highest BCUT2D eigenvalue weighted by molar-refractivity contribution is 7.71. The van der Waals surface area contributed by atoms with Gasteiger partial charge < -0.3 is 4.98 Å². The molecule has 0 saturated carbocycles. The summed E-state index contributed by atoms with van der Waals surface area (Å²) >= 11 is 17.4. The average Bonchev–Trinajstić information content (AvgIpc) is 2.46. The number of benzene rings is 2. The van der Waals surface area contributed by atoms with Crippen LogP contribution < -0.4 is 0 Å². The zero-order chi connectivity index (χ0) is 14.8. The smallest absolute Gasteiger partial charge is 0.139 e. The lowest BCUT2D eigenvalue weighted by Crippen LogP contribution is -1.93. The van der Waals surface area contributed by atoms with Crippen molar-refractivity contribution in [2.45, 2.75) is 0 Å². The van der Waals surface area contributed by atoms with E-state index in [4.69, 9.17) is 35.4 Å². The predicted molar refractivity (Wildman–Crippen MR) is 90.3 cm³/mol. The third kappa shape index (κ3) is 3.32. The van der Waals surface area contributed by atoms with Gasteiger partial charge in [-0.15, -0.1) is 0 Å². The number of aromatic nitrogens is 2. The molecule has 0 bridgehead atoms. The van der Waals surface area contributed by atoms with Crippen LogP contribution in [-0.2, 0) is 0 Å². The molecule has 0 aliphatic rings. The fraction of sp³-hybridized carbons (Fsp3) is 0. The largest absolute Gasteiger partial charge is 0.339 e. The minimum atomic E-state index is 0.513. The number of halogens is 2. The maximum absolute atomic E-state index is 6.06. The monoisotopic (exact) mass is 332 g/mol. The van der Waals surface area contributed by atoms with Crippen molar-refractivity contribution in [3.63, 3.8) is 0 Å². The molecule has 1 aromatic heterocycles. The van der Waals surface area contributed by atoms with Crippen LogP contribution in [-0.4, -0.2) is 9.97 Å². The van der Waals surface area contributed by atoms with E-state index in [1.165, 1.54) is 0 Å². The molecular formula is C16H10Cl2N2S. The lowest BCUT2D eigenvalue weighted by Gasteiger charge is -2.07. The maximum Gasteiger partial charge on any atom is 0.139 e. The summed E-state index contributed by atoms with van der Waals surface area (Å²) in [5.41, 5.74) is 2.68. The average molecular weight is 333 g/mol. The molecule has 3 aromatic rings. The summed E-state index contributed by atoms with van der Waals surface area (Å²) in [6.07, 6.45) is 0. The van der Waals surface area contributed by atoms with Gasteiger partial charge in [0.2, 0.25) is 0 Å². The third-order valence-corrected chi connectivity index (χ3v) is 3.61. The van der Waals surface area contributed by atoms with Gasteiger partial charge in [-0.25, -0.2) is 4.98 Å². The van der Waals surface area contributed by atoms with Gasteiger partial charge in [-0.05, 0) is 24.3 Å². The minimum Gasteiger partial charge on any atom is -0.339 e. The highest BCUT2D eigenvalue weighted by atomic mass is 35.5. The molecule has 2 aromatic carbocycles. The number of H-pyrrole nitrogens is 1. The summed E-state index contributed by atoms with van der Waals surface area (Å²) in [6.45, 7) is 0. The van der Waals surface area contributed by atoms with Crippen LogP contribution in [0.1, 0.15) is 0 Å². The Kier molecular flexibility index (Phi) is 4.06. The molecule has 0 aliphatic carbocycles. The summed E-state index contributed by atoms with van der Waals surface area (Å²) in [4.78, 5) is 7.64. The van der Waals surface area contributed by atoms with Crippen molar-refractivity contribution in [2.75, 3.05) is 0 Å². The van der Waals surface area contributed by atoms with Gasteiger partial charge in [0.05, 0.1) is 5.69 Å². The van der Waals surface area contributed by atoms with Crippen molar-refractivity contribution in [1.29, 1.82) is 0 Å². The van der Waals surface area contributed by atoms with Crippen LogP contribution in [0.2, 0.25) is 10.0 Å². The van der Waals surface area contributed by atoms with Gasteiger partial charge in [-0.1, -0.05) is 65.8 Å². The van der Waals surface area contributed by atoms with E-state index in [1.54, 1.807) is 12.1 Å². The molecule has 0 fully saturated rings. The van der Waals surface area contributed by atoms with Crippen molar-refractivity contribution in [3.05, 3.63) is 69.3 Å². The van der Waals surface area contributed by atoms with E-state index in [0.29, 0.717) is 20.5 Å². The Balaban J connectivity index is 2.16. The van der Waals surface area contributed by atoms with E-state index < -0.39 is 0 Å². The summed E-state index contributed by atoms with van der Waals surface area (Å²) < 4.78 is 0.513. The van der Waals surface area contributed by atoms with E-state index >= 15 is 0 Å². The highest BCUT2D eigenvalue weighted by Crippen LogP contribution is 2.27. The Morgan fingerprint density at radius 3 is 2.19 bits per heavy atom. The molecule has 0 amide bonds. The molecule has 0 unspecified atom stereocenters. The zero-order valence-electron chi connectivity index (χ0n) is 10.8. The van der Waals surface area contributed by atoms with Gasteiger partial charge in [-0.3, -0.25) is 0 Å². The van der Waals surface area contributed by atoms with Gasteiger partial charge in [0.1, 0.15) is 10.5 Å². The van der Waals surface area contributed by atoms with Crippen LogP contribution >= 0.6 is 35.4 Å². The normalized spacial score (nSPS) is 10.6. The van der Waals surface area contributed by atoms with Crippen molar-refractivity contribution < 1.29 is 0 Å². The number of aromatic amines is 1. The number of hydrogen-bond donors (Lipinski definition) is 1. The van der Waals surface area contributed by atoms with Crippen molar-refractivity contribution in [2.24, 2.45) is 0 Å². The van der Waals surface area contributed by atoms with E-state index in [9.17, 15) is 0 Å². The second kappa shape index (κ2) is 5.98. The van der Waals surface area contributed by atoms with Gasteiger partial charge in [-0.2, -0.15) is 0 Å². The Hall–Kier alpha value is -1.68. The van der Waals surface area contributed by atoms with E-state index in [1.807, 2.05) is 42.5 Å². The summed E-state index contributed by atoms with van der Waals surface area (Å²) in [5.74, 6) is 0.717. The molecular weight excluding hydrogens is 323 g/mol. The fourth-order valence-electron chi connectivity index (χ4n) is 2.06. The van der Waals surface area contributed by atoms with E-state index in [0.717, 1.165) is 16.8 Å². The SMILES string of the molecule is S=c1cc(-c2cc(Cl)cc(Cl)c2)[nH]c(-c2ccccc2)n1. The van der Waals surface area contributed by atoms with E-state index in [-0.39, 0.29) is 0 Å². The zero-order valence-corrected chi connectivity index (χ0v) is 13.1. The topological polar surface area (TPSA) is 28.7 Å². The second-order valence-corrected chi connectivity index (χ2v) is 5.80. The summed E-state index contributed by atoms with van der Waals surface area (Å²) in [6, 6.07) is 17.0. The van der Waals surface area contributed by atoms with Crippen molar-refractivity contribution >= 4 is 35.4 Å². The molecule has 21 heavy (non-hydrogen) atoms. The molecule has 0 aliphatic heterocycles. The molecule has 0 atom stereocenters. The fourth-order valence-corrected chi connectivity index (χ4v) is 2.79. The number of nitrogens with one attached hydrogen (secondary N) is 1. The molecule has 0 spiro atoms. The molecule has 104 valence electrons.